The molecule has 1 fully saturated rings. The molecule has 7 nitrogen and oxygen atoms in total. The van der Waals surface area contributed by atoms with Crippen LogP contribution in [0.1, 0.15) is 81.3 Å². The van der Waals surface area contributed by atoms with Gasteiger partial charge in [0.15, 0.2) is 5.69 Å². The summed E-state index contributed by atoms with van der Waals surface area (Å²) in [6.45, 7) is 8.36. The van der Waals surface area contributed by atoms with Gasteiger partial charge in [0.05, 0.1) is 5.69 Å². The van der Waals surface area contributed by atoms with Crippen LogP contribution in [0.25, 0.3) is 6.08 Å². The van der Waals surface area contributed by atoms with Crippen molar-refractivity contribution in [3.05, 3.63) is 23.3 Å². The fraction of sp³-hybridized carbons (Fsp3) is 0.708. The summed E-state index contributed by atoms with van der Waals surface area (Å²) in [6, 6.07) is -0.632. The summed E-state index contributed by atoms with van der Waals surface area (Å²) < 4.78 is 2.20. The molecule has 3 rings (SSSR count). The summed E-state index contributed by atoms with van der Waals surface area (Å²) in [4.78, 5) is 32.8. The molecule has 1 aromatic rings. The van der Waals surface area contributed by atoms with E-state index in [1.165, 1.54) is 32.1 Å². The van der Waals surface area contributed by atoms with Crippen molar-refractivity contribution in [2.45, 2.75) is 78.4 Å². The lowest BCUT2D eigenvalue weighted by molar-refractivity contribution is -0.124. The summed E-state index contributed by atoms with van der Waals surface area (Å²) in [5.41, 5.74) is 0.966. The number of hydrogen-bond donors (Lipinski definition) is 2. The quantitative estimate of drug-likeness (QED) is 0.753. The number of nitrogens with one attached hydrogen (secondary N) is 2. The Kier molecular flexibility index (Phi) is 7.57. The third kappa shape index (κ3) is 5.76. The summed E-state index contributed by atoms with van der Waals surface area (Å²) in [6.07, 6.45) is 11.8. The first kappa shape index (κ1) is 23.5. The fourth-order valence-electron chi connectivity index (χ4n) is 4.63. The summed E-state index contributed by atoms with van der Waals surface area (Å²) >= 11 is 0. The van der Waals surface area contributed by atoms with E-state index in [0.717, 1.165) is 31.0 Å². The Balaban J connectivity index is 1.91. The van der Waals surface area contributed by atoms with Crippen LogP contribution in [0.5, 0.6) is 0 Å². The molecule has 0 unspecified atom stereocenters. The molecule has 7 heteroatoms. The smallest absolute Gasteiger partial charge is 0.272 e. The molecule has 1 aliphatic heterocycles. The molecular formula is C24H39N5O2. The Morgan fingerprint density at radius 2 is 1.84 bits per heavy atom. The maximum absolute atomic E-state index is 13.3. The van der Waals surface area contributed by atoms with E-state index in [-0.39, 0.29) is 11.8 Å². The number of fused-ring (bicyclic) bond motifs is 1. The molecule has 1 saturated carbocycles. The predicted octanol–water partition coefficient (Wildman–Crippen LogP) is 3.20. The molecule has 2 N–H and O–H groups in total. The van der Waals surface area contributed by atoms with Crippen LogP contribution in [-0.4, -0.2) is 52.9 Å². The van der Waals surface area contributed by atoms with Gasteiger partial charge in [-0.3, -0.25) is 9.59 Å². The Hall–Kier alpha value is -2.15. The number of likely N-dealkylation sites (N-methyl/N-ethyl adjacent to an activating group) is 1. The minimum Gasteiger partial charge on any atom is -0.357 e. The maximum atomic E-state index is 13.3. The first-order chi connectivity index (χ1) is 14.7. The molecule has 0 saturated heterocycles. The molecule has 1 atom stereocenters. The first-order valence-electron chi connectivity index (χ1n) is 11.7. The van der Waals surface area contributed by atoms with Crippen LogP contribution in [0.15, 0.2) is 6.08 Å². The van der Waals surface area contributed by atoms with Crippen molar-refractivity contribution in [2.24, 2.45) is 11.3 Å². The molecular weight excluding hydrogens is 390 g/mol. The van der Waals surface area contributed by atoms with Crippen LogP contribution in [0.4, 0.5) is 0 Å². The van der Waals surface area contributed by atoms with E-state index >= 15 is 0 Å². The first-order valence-corrected chi connectivity index (χ1v) is 11.7. The molecule has 2 heterocycles. The average molecular weight is 430 g/mol. The summed E-state index contributed by atoms with van der Waals surface area (Å²) in [7, 11) is 3.67. The molecule has 0 spiro atoms. The minimum atomic E-state index is -0.632. The second-order valence-electron chi connectivity index (χ2n) is 10.2. The molecule has 1 aliphatic carbocycles. The van der Waals surface area contributed by atoms with Crippen LogP contribution in [0.3, 0.4) is 0 Å². The van der Waals surface area contributed by atoms with Crippen LogP contribution in [0, 0.1) is 11.3 Å². The summed E-state index contributed by atoms with van der Waals surface area (Å²) in [5, 5.41) is 5.63. The molecule has 2 amide bonds. The van der Waals surface area contributed by atoms with E-state index in [1.807, 2.05) is 20.8 Å². The second kappa shape index (κ2) is 9.98. The van der Waals surface area contributed by atoms with Gasteiger partial charge < -0.3 is 20.1 Å². The van der Waals surface area contributed by atoms with Gasteiger partial charge in [0, 0.05) is 20.1 Å². The molecule has 31 heavy (non-hydrogen) atoms. The highest BCUT2D eigenvalue weighted by Crippen LogP contribution is 2.27. The predicted molar refractivity (Wildman–Crippen MR) is 124 cm³/mol. The van der Waals surface area contributed by atoms with Gasteiger partial charge in [0.1, 0.15) is 11.9 Å². The Morgan fingerprint density at radius 3 is 2.48 bits per heavy atom. The number of hydrogen-bond acceptors (Lipinski definition) is 4. The molecule has 172 valence electrons. The van der Waals surface area contributed by atoms with Crippen molar-refractivity contribution in [1.29, 1.82) is 0 Å². The molecule has 0 bridgehead atoms. The zero-order chi connectivity index (χ0) is 22.6. The lowest BCUT2D eigenvalue weighted by Gasteiger charge is -2.29. The zero-order valence-corrected chi connectivity index (χ0v) is 19.8. The lowest BCUT2D eigenvalue weighted by atomic mass is 9.86. The largest absolute Gasteiger partial charge is 0.357 e. The van der Waals surface area contributed by atoms with Crippen molar-refractivity contribution in [2.75, 3.05) is 20.6 Å². The van der Waals surface area contributed by atoms with Gasteiger partial charge in [-0.2, -0.15) is 0 Å². The maximum Gasteiger partial charge on any atom is 0.272 e. The standard InChI is InChI=1S/C24H39N5O2/c1-24(2,3)21(23(31)25-4)27-22(30)20-18-16-28(5)14-9-15-29(18)19(26-20)13-12-17-10-7-6-8-11-17/h12-13,17,21H,6-11,14-16H2,1-5H3,(H,25,31)(H,27,30)/b13-12+/t21-/m1/s1. The monoisotopic (exact) mass is 429 g/mol. The number of rotatable bonds is 5. The SMILES string of the molecule is CNC(=O)[C@@H](NC(=O)c1nc(/C=C/C2CCCCC2)n2c1CN(C)CCC2)C(C)(C)C. The third-order valence-electron chi connectivity index (χ3n) is 6.48. The number of aromatic nitrogens is 2. The van der Waals surface area contributed by atoms with Crippen LogP contribution in [0.2, 0.25) is 0 Å². The number of carbonyl (C=O) groups excluding carboxylic acids is 2. The number of allylic oxidation sites excluding steroid dienone is 1. The molecule has 0 aromatic carbocycles. The van der Waals surface area contributed by atoms with Gasteiger partial charge >= 0.3 is 0 Å². The molecule has 0 radical (unpaired) electrons. The van der Waals surface area contributed by atoms with E-state index in [9.17, 15) is 9.59 Å². The van der Waals surface area contributed by atoms with Crippen LogP contribution < -0.4 is 10.6 Å². The van der Waals surface area contributed by atoms with Crippen molar-refractivity contribution in [3.63, 3.8) is 0 Å². The topological polar surface area (TPSA) is 79.3 Å². The lowest BCUT2D eigenvalue weighted by Crippen LogP contribution is -2.53. The van der Waals surface area contributed by atoms with Crippen molar-refractivity contribution >= 4 is 17.9 Å². The second-order valence-corrected chi connectivity index (χ2v) is 10.2. The van der Waals surface area contributed by atoms with Gasteiger partial charge in [0.2, 0.25) is 5.91 Å². The highest BCUT2D eigenvalue weighted by molar-refractivity contribution is 5.97. The van der Waals surface area contributed by atoms with E-state index in [2.05, 4.69) is 39.3 Å². The normalized spacial score (nSPS) is 19.6. The van der Waals surface area contributed by atoms with E-state index < -0.39 is 11.5 Å². The van der Waals surface area contributed by atoms with Crippen molar-refractivity contribution in [1.82, 2.24) is 25.1 Å². The van der Waals surface area contributed by atoms with Gasteiger partial charge in [-0.1, -0.05) is 46.1 Å². The zero-order valence-electron chi connectivity index (χ0n) is 19.8. The Labute approximate surface area is 186 Å². The van der Waals surface area contributed by atoms with Crippen molar-refractivity contribution < 1.29 is 9.59 Å². The molecule has 1 aromatic heterocycles. The Morgan fingerprint density at radius 1 is 1.13 bits per heavy atom. The van der Waals surface area contributed by atoms with Gasteiger partial charge in [0.25, 0.3) is 5.91 Å². The van der Waals surface area contributed by atoms with E-state index in [4.69, 9.17) is 4.98 Å². The third-order valence-corrected chi connectivity index (χ3v) is 6.48. The van der Waals surface area contributed by atoms with Crippen LogP contribution in [-0.2, 0) is 17.9 Å². The fourth-order valence-corrected chi connectivity index (χ4v) is 4.63. The number of imidazole rings is 1. The summed E-state index contributed by atoms with van der Waals surface area (Å²) in [5.74, 6) is 0.986. The van der Waals surface area contributed by atoms with E-state index in [0.29, 0.717) is 18.2 Å². The van der Waals surface area contributed by atoms with Gasteiger partial charge in [-0.15, -0.1) is 0 Å². The van der Waals surface area contributed by atoms with Gasteiger partial charge in [-0.25, -0.2) is 4.98 Å². The van der Waals surface area contributed by atoms with Crippen molar-refractivity contribution in [3.8, 4) is 0 Å². The van der Waals surface area contributed by atoms with Crippen LogP contribution >= 0.6 is 0 Å². The number of carbonyl (C=O) groups is 2. The number of nitrogens with zero attached hydrogens (tertiary/aromatic N) is 3. The minimum absolute atomic E-state index is 0.194. The average Bonchev–Trinajstić information content (AvgIpc) is 2.94. The van der Waals surface area contributed by atoms with E-state index in [1.54, 1.807) is 7.05 Å². The highest BCUT2D eigenvalue weighted by Gasteiger charge is 2.34. The molecule has 2 aliphatic rings. The number of amides is 2. The Bertz CT molecular complexity index is 815. The van der Waals surface area contributed by atoms with Gasteiger partial charge in [-0.05, 0) is 50.3 Å². The highest BCUT2D eigenvalue weighted by atomic mass is 16.2.